The molecule has 0 saturated heterocycles. The summed E-state index contributed by atoms with van der Waals surface area (Å²) in [5, 5.41) is 0. The highest BCUT2D eigenvalue weighted by Gasteiger charge is 2.30. The van der Waals surface area contributed by atoms with E-state index in [1.807, 2.05) is 4.57 Å². The molecule has 0 N–H and O–H groups in total. The van der Waals surface area contributed by atoms with Crippen LogP contribution < -0.4 is 16.1 Å². The Labute approximate surface area is 190 Å². The van der Waals surface area contributed by atoms with Crippen LogP contribution in [0, 0.1) is 25.6 Å². The molecule has 0 spiro atoms. The number of anilines is 2. The number of benzene rings is 2. The second kappa shape index (κ2) is 7.72. The van der Waals surface area contributed by atoms with E-state index in [0.29, 0.717) is 29.2 Å². The number of halogens is 1. The van der Waals surface area contributed by atoms with E-state index in [1.165, 1.54) is 21.8 Å². The first kappa shape index (κ1) is 21.2. The van der Waals surface area contributed by atoms with Crippen LogP contribution in [0.15, 0.2) is 52.1 Å². The monoisotopic (exact) mass is 447 g/mol. The van der Waals surface area contributed by atoms with Crippen LogP contribution in [0.4, 0.5) is 16.0 Å². The summed E-state index contributed by atoms with van der Waals surface area (Å²) >= 11 is 0. The molecular weight excluding hydrogens is 421 g/mol. The van der Waals surface area contributed by atoms with Gasteiger partial charge in [-0.15, -0.1) is 0 Å². The minimum atomic E-state index is -0.517. The molecule has 0 saturated carbocycles. The summed E-state index contributed by atoms with van der Waals surface area (Å²) in [5.74, 6) is 0.451. The Kier molecular flexibility index (Phi) is 4.96. The van der Waals surface area contributed by atoms with E-state index < -0.39 is 17.1 Å². The predicted octanol–water partition coefficient (Wildman–Crippen LogP) is 3.49. The first-order chi connectivity index (χ1) is 15.8. The lowest BCUT2D eigenvalue weighted by molar-refractivity contribution is 0.458. The van der Waals surface area contributed by atoms with Crippen molar-refractivity contribution in [2.24, 2.45) is 13.0 Å². The Morgan fingerprint density at radius 1 is 1.06 bits per heavy atom. The highest BCUT2D eigenvalue weighted by atomic mass is 19.1. The molecule has 0 radical (unpaired) electrons. The zero-order valence-corrected chi connectivity index (χ0v) is 19.2. The maximum atomic E-state index is 14.3. The third kappa shape index (κ3) is 3.37. The molecule has 5 rings (SSSR count). The van der Waals surface area contributed by atoms with Gasteiger partial charge in [-0.2, -0.15) is 4.98 Å². The zero-order valence-electron chi connectivity index (χ0n) is 19.2. The van der Waals surface area contributed by atoms with Gasteiger partial charge in [0.25, 0.3) is 5.56 Å². The standard InChI is InChI=1S/C25H26FN5O2/c1-15-12-29(19-10-9-16(2)17(3)11-19)24-27-22-21(30(24)13-15)23(32)31(25(33)28(22)4)14-18-7-5-6-8-20(18)26/h5-11,15H,12-14H2,1-4H3. The van der Waals surface area contributed by atoms with Gasteiger partial charge in [-0.05, 0) is 49.1 Å². The van der Waals surface area contributed by atoms with Gasteiger partial charge in [0.1, 0.15) is 5.82 Å². The van der Waals surface area contributed by atoms with E-state index in [-0.39, 0.29) is 12.5 Å². The Balaban J connectivity index is 1.73. The highest BCUT2D eigenvalue weighted by molar-refractivity contribution is 5.77. The molecule has 2 aromatic heterocycles. The van der Waals surface area contributed by atoms with Crippen LogP contribution in [-0.2, 0) is 20.1 Å². The van der Waals surface area contributed by atoms with Gasteiger partial charge < -0.3 is 9.47 Å². The molecule has 1 unspecified atom stereocenters. The minimum Gasteiger partial charge on any atom is -0.312 e. The number of nitrogens with zero attached hydrogens (tertiary/aromatic N) is 5. The maximum absolute atomic E-state index is 14.3. The average Bonchev–Trinajstić information content (AvgIpc) is 3.17. The third-order valence-corrected chi connectivity index (χ3v) is 6.53. The van der Waals surface area contributed by atoms with Crippen LogP contribution in [0.2, 0.25) is 0 Å². The molecule has 1 atom stereocenters. The third-order valence-electron chi connectivity index (χ3n) is 6.53. The van der Waals surface area contributed by atoms with Crippen LogP contribution in [0.3, 0.4) is 0 Å². The van der Waals surface area contributed by atoms with Crippen molar-refractivity contribution < 1.29 is 4.39 Å². The molecule has 0 bridgehead atoms. The Hall–Kier alpha value is -3.68. The topological polar surface area (TPSA) is 65.1 Å². The molecule has 3 heterocycles. The van der Waals surface area contributed by atoms with Gasteiger partial charge in [0, 0.05) is 31.4 Å². The summed E-state index contributed by atoms with van der Waals surface area (Å²) < 4.78 is 18.6. The van der Waals surface area contributed by atoms with Crippen molar-refractivity contribution in [3.05, 3.63) is 85.8 Å². The fraction of sp³-hybridized carbons (Fsp3) is 0.320. The smallest absolute Gasteiger partial charge is 0.312 e. The van der Waals surface area contributed by atoms with Crippen molar-refractivity contribution in [2.75, 3.05) is 11.4 Å². The average molecular weight is 448 g/mol. The first-order valence-corrected chi connectivity index (χ1v) is 11.0. The van der Waals surface area contributed by atoms with Crippen LogP contribution in [-0.4, -0.2) is 25.2 Å². The van der Waals surface area contributed by atoms with Crippen molar-refractivity contribution in [3.63, 3.8) is 0 Å². The molecule has 8 heteroatoms. The van der Waals surface area contributed by atoms with Crippen molar-refractivity contribution in [2.45, 2.75) is 33.9 Å². The van der Waals surface area contributed by atoms with Crippen LogP contribution in [0.1, 0.15) is 23.6 Å². The number of aryl methyl sites for hydroxylation is 3. The van der Waals surface area contributed by atoms with Crippen molar-refractivity contribution >= 4 is 22.8 Å². The van der Waals surface area contributed by atoms with Crippen molar-refractivity contribution in [1.29, 1.82) is 0 Å². The van der Waals surface area contributed by atoms with Gasteiger partial charge in [0.05, 0.1) is 6.54 Å². The number of rotatable bonds is 3. The van der Waals surface area contributed by atoms with Gasteiger partial charge in [0.15, 0.2) is 11.2 Å². The minimum absolute atomic E-state index is 0.134. The lowest BCUT2D eigenvalue weighted by Crippen LogP contribution is -2.40. The summed E-state index contributed by atoms with van der Waals surface area (Å²) in [4.78, 5) is 33.5. The number of hydrogen-bond acceptors (Lipinski definition) is 4. The SMILES string of the molecule is Cc1ccc(N2CC(C)Cn3c2nc2c3c(=O)n(Cc3ccccc3F)c(=O)n2C)cc1C. The second-order valence-corrected chi connectivity index (χ2v) is 9.00. The first-order valence-electron chi connectivity index (χ1n) is 11.0. The molecule has 1 aliphatic rings. The van der Waals surface area contributed by atoms with E-state index in [4.69, 9.17) is 4.98 Å². The molecule has 2 aromatic carbocycles. The van der Waals surface area contributed by atoms with Gasteiger partial charge in [-0.3, -0.25) is 13.9 Å². The Bertz CT molecular complexity index is 1510. The Morgan fingerprint density at radius 2 is 1.82 bits per heavy atom. The quantitative estimate of drug-likeness (QED) is 0.482. The lowest BCUT2D eigenvalue weighted by atomic mass is 10.1. The largest absolute Gasteiger partial charge is 0.332 e. The summed E-state index contributed by atoms with van der Waals surface area (Å²) in [6.45, 7) is 7.50. The molecule has 1 aliphatic heterocycles. The highest BCUT2D eigenvalue weighted by Crippen LogP contribution is 2.33. The van der Waals surface area contributed by atoms with Crippen LogP contribution >= 0.6 is 0 Å². The van der Waals surface area contributed by atoms with E-state index in [2.05, 4.69) is 43.9 Å². The molecule has 0 fully saturated rings. The number of hydrogen-bond donors (Lipinski definition) is 0. The number of aromatic nitrogens is 4. The second-order valence-electron chi connectivity index (χ2n) is 9.00. The van der Waals surface area contributed by atoms with Gasteiger partial charge >= 0.3 is 5.69 Å². The van der Waals surface area contributed by atoms with Crippen molar-refractivity contribution in [1.82, 2.24) is 18.7 Å². The normalized spacial score (nSPS) is 15.8. The summed E-state index contributed by atoms with van der Waals surface area (Å²) in [7, 11) is 1.60. The van der Waals surface area contributed by atoms with Gasteiger partial charge in [0.2, 0.25) is 5.95 Å². The maximum Gasteiger partial charge on any atom is 0.332 e. The van der Waals surface area contributed by atoms with E-state index in [0.717, 1.165) is 16.8 Å². The molecule has 170 valence electrons. The molecular formula is C25H26FN5O2. The molecule has 0 amide bonds. The zero-order chi connectivity index (χ0) is 23.4. The fourth-order valence-corrected chi connectivity index (χ4v) is 4.55. The molecule has 7 nitrogen and oxygen atoms in total. The molecule has 33 heavy (non-hydrogen) atoms. The van der Waals surface area contributed by atoms with Crippen molar-refractivity contribution in [3.8, 4) is 0 Å². The number of fused-ring (bicyclic) bond motifs is 3. The van der Waals surface area contributed by atoms with E-state index in [1.54, 1.807) is 25.2 Å². The summed E-state index contributed by atoms with van der Waals surface area (Å²) in [6, 6.07) is 12.4. The lowest BCUT2D eigenvalue weighted by Gasteiger charge is -2.33. The summed E-state index contributed by atoms with van der Waals surface area (Å²) in [6.07, 6.45) is 0. The number of imidazole rings is 1. The van der Waals surface area contributed by atoms with Crippen LogP contribution in [0.5, 0.6) is 0 Å². The van der Waals surface area contributed by atoms with Gasteiger partial charge in [-0.1, -0.05) is 31.2 Å². The molecule has 4 aromatic rings. The molecule has 0 aliphatic carbocycles. The predicted molar refractivity (Wildman–Crippen MR) is 127 cm³/mol. The van der Waals surface area contributed by atoms with Crippen LogP contribution in [0.25, 0.3) is 11.2 Å². The Morgan fingerprint density at radius 3 is 2.55 bits per heavy atom. The van der Waals surface area contributed by atoms with E-state index in [9.17, 15) is 14.0 Å². The fourth-order valence-electron chi connectivity index (χ4n) is 4.55. The van der Waals surface area contributed by atoms with Gasteiger partial charge in [-0.25, -0.2) is 9.18 Å². The summed E-state index contributed by atoms with van der Waals surface area (Å²) in [5.41, 5.74) is 3.40. The van der Waals surface area contributed by atoms with E-state index >= 15 is 0 Å².